The number of nitro benzene ring substituents is 1. The Morgan fingerprint density at radius 3 is 2.45 bits per heavy atom. The second-order valence-electron chi connectivity index (χ2n) is 4.93. The maximum Gasteiger partial charge on any atom is 0.342 e. The van der Waals surface area contributed by atoms with Crippen molar-refractivity contribution in [3.05, 3.63) is 39.4 Å². The third kappa shape index (κ3) is 4.99. The third-order valence-electron chi connectivity index (χ3n) is 3.31. The number of carboxylic acid groups (broad SMARTS) is 1. The Kier molecular flexibility index (Phi) is 6.70. The van der Waals surface area contributed by atoms with Crippen LogP contribution in [0.2, 0.25) is 0 Å². The lowest BCUT2D eigenvalue weighted by molar-refractivity contribution is -0.385. The Morgan fingerprint density at radius 1 is 1.20 bits per heavy atom. The minimum atomic E-state index is -1.26. The van der Waals surface area contributed by atoms with Crippen molar-refractivity contribution in [2.75, 3.05) is 0 Å². The molecule has 0 bridgehead atoms. The molecular weight excluding hydrogens is 258 g/mol. The number of carboxylic acids is 1. The Balaban J connectivity index is 2.57. The molecule has 0 aliphatic heterocycles. The summed E-state index contributed by atoms with van der Waals surface area (Å²) in [4.78, 5) is 21.1. The van der Waals surface area contributed by atoms with Crippen LogP contribution in [-0.4, -0.2) is 16.0 Å². The zero-order valence-electron chi connectivity index (χ0n) is 11.8. The molecule has 0 radical (unpaired) electrons. The molecule has 5 heteroatoms. The summed E-state index contributed by atoms with van der Waals surface area (Å²) in [7, 11) is 0. The van der Waals surface area contributed by atoms with Crippen molar-refractivity contribution in [3.8, 4) is 0 Å². The van der Waals surface area contributed by atoms with E-state index < -0.39 is 10.9 Å². The first-order valence-corrected chi connectivity index (χ1v) is 7.07. The van der Waals surface area contributed by atoms with Gasteiger partial charge in [0, 0.05) is 6.07 Å². The fraction of sp³-hybridized carbons (Fsp3) is 0.533. The largest absolute Gasteiger partial charge is 0.477 e. The highest BCUT2D eigenvalue weighted by Crippen LogP contribution is 2.21. The molecule has 0 saturated heterocycles. The van der Waals surface area contributed by atoms with Crippen LogP contribution in [0.1, 0.15) is 61.4 Å². The van der Waals surface area contributed by atoms with Crippen LogP contribution in [0.25, 0.3) is 0 Å². The standard InChI is InChI=1S/C15H21NO4/c1-2-3-4-5-6-7-8-12-9-10-13(15(17)18)14(11-12)16(19)20/h9-11H,2-8H2,1H3,(H,17,18). The number of rotatable bonds is 9. The molecule has 110 valence electrons. The van der Waals surface area contributed by atoms with E-state index in [0.29, 0.717) is 0 Å². The molecule has 5 nitrogen and oxygen atoms in total. The van der Waals surface area contributed by atoms with Crippen molar-refractivity contribution in [3.63, 3.8) is 0 Å². The fourth-order valence-corrected chi connectivity index (χ4v) is 2.17. The van der Waals surface area contributed by atoms with Gasteiger partial charge in [-0.1, -0.05) is 45.1 Å². The lowest BCUT2D eigenvalue weighted by atomic mass is 10.0. The highest BCUT2D eigenvalue weighted by Gasteiger charge is 2.19. The van der Waals surface area contributed by atoms with Crippen molar-refractivity contribution in [2.45, 2.75) is 51.9 Å². The van der Waals surface area contributed by atoms with Gasteiger partial charge in [-0.3, -0.25) is 10.1 Å². The number of unbranched alkanes of at least 4 members (excludes halogenated alkanes) is 5. The van der Waals surface area contributed by atoms with Crippen molar-refractivity contribution in [1.82, 2.24) is 0 Å². The van der Waals surface area contributed by atoms with Crippen LogP contribution < -0.4 is 0 Å². The van der Waals surface area contributed by atoms with E-state index in [-0.39, 0.29) is 11.3 Å². The van der Waals surface area contributed by atoms with Crippen LogP contribution in [0.15, 0.2) is 18.2 Å². The molecule has 0 amide bonds. The molecule has 0 spiro atoms. The Hall–Kier alpha value is -1.91. The first-order valence-electron chi connectivity index (χ1n) is 7.07. The summed E-state index contributed by atoms with van der Waals surface area (Å²) in [6.07, 6.45) is 7.72. The summed E-state index contributed by atoms with van der Waals surface area (Å²) in [5.74, 6) is -1.26. The lowest BCUT2D eigenvalue weighted by Gasteiger charge is -2.04. The van der Waals surface area contributed by atoms with Crippen LogP contribution >= 0.6 is 0 Å². The average Bonchev–Trinajstić information content (AvgIpc) is 2.42. The molecule has 0 atom stereocenters. The zero-order chi connectivity index (χ0) is 15.0. The molecule has 0 fully saturated rings. The molecule has 1 aromatic rings. The van der Waals surface area contributed by atoms with Crippen LogP contribution in [-0.2, 0) is 6.42 Å². The monoisotopic (exact) mass is 279 g/mol. The Bertz CT molecular complexity index is 471. The maximum atomic E-state index is 10.9. The van der Waals surface area contributed by atoms with E-state index in [0.717, 1.165) is 24.8 Å². The van der Waals surface area contributed by atoms with Gasteiger partial charge in [0.1, 0.15) is 5.56 Å². The van der Waals surface area contributed by atoms with Gasteiger partial charge in [-0.05, 0) is 24.5 Å². The van der Waals surface area contributed by atoms with Gasteiger partial charge >= 0.3 is 5.97 Å². The Morgan fingerprint density at radius 2 is 1.85 bits per heavy atom. The minimum absolute atomic E-state index is 0.248. The van der Waals surface area contributed by atoms with Gasteiger partial charge in [0.25, 0.3) is 5.69 Å². The van der Waals surface area contributed by atoms with Gasteiger partial charge in [0.2, 0.25) is 0 Å². The third-order valence-corrected chi connectivity index (χ3v) is 3.31. The van der Waals surface area contributed by atoms with Gasteiger partial charge in [-0.25, -0.2) is 4.79 Å². The molecule has 0 aromatic heterocycles. The summed E-state index contributed by atoms with van der Waals surface area (Å²) in [6.45, 7) is 2.17. The van der Waals surface area contributed by atoms with E-state index in [1.54, 1.807) is 6.07 Å². The highest BCUT2D eigenvalue weighted by atomic mass is 16.6. The van der Waals surface area contributed by atoms with Crippen LogP contribution in [0.4, 0.5) is 5.69 Å². The maximum absolute atomic E-state index is 10.9. The van der Waals surface area contributed by atoms with Crippen LogP contribution in [0, 0.1) is 10.1 Å². The highest BCUT2D eigenvalue weighted by molar-refractivity contribution is 5.92. The molecule has 1 aromatic carbocycles. The smallest absolute Gasteiger partial charge is 0.342 e. The van der Waals surface area contributed by atoms with Gasteiger partial charge in [0.05, 0.1) is 4.92 Å². The number of nitrogens with zero attached hydrogens (tertiary/aromatic N) is 1. The topological polar surface area (TPSA) is 80.4 Å². The van der Waals surface area contributed by atoms with E-state index in [2.05, 4.69) is 6.92 Å². The van der Waals surface area contributed by atoms with Crippen LogP contribution in [0.3, 0.4) is 0 Å². The molecule has 0 aliphatic carbocycles. The van der Waals surface area contributed by atoms with E-state index >= 15 is 0 Å². The SMILES string of the molecule is CCCCCCCCc1ccc(C(=O)O)c([N+](=O)[O-])c1. The summed E-state index contributed by atoms with van der Waals surface area (Å²) in [5.41, 5.74) is 0.264. The predicted molar refractivity (Wildman–Crippen MR) is 77.1 cm³/mol. The number of aryl methyl sites for hydroxylation is 1. The van der Waals surface area contributed by atoms with E-state index in [4.69, 9.17) is 5.11 Å². The van der Waals surface area contributed by atoms with E-state index in [1.807, 2.05) is 0 Å². The molecular formula is C15H21NO4. The molecule has 1 rings (SSSR count). The fourth-order valence-electron chi connectivity index (χ4n) is 2.17. The van der Waals surface area contributed by atoms with Gasteiger partial charge in [-0.2, -0.15) is 0 Å². The first-order chi connectivity index (χ1) is 9.56. The number of hydrogen-bond donors (Lipinski definition) is 1. The second kappa shape index (κ2) is 8.30. The quantitative estimate of drug-likeness (QED) is 0.417. The number of carbonyl (C=O) groups is 1. The Labute approximate surface area is 118 Å². The van der Waals surface area contributed by atoms with Crippen LogP contribution in [0.5, 0.6) is 0 Å². The minimum Gasteiger partial charge on any atom is -0.477 e. The van der Waals surface area contributed by atoms with E-state index in [9.17, 15) is 14.9 Å². The number of benzene rings is 1. The molecule has 0 heterocycles. The molecule has 20 heavy (non-hydrogen) atoms. The predicted octanol–water partition coefficient (Wildman–Crippen LogP) is 4.20. The molecule has 0 unspecified atom stereocenters. The normalized spacial score (nSPS) is 10.4. The lowest BCUT2D eigenvalue weighted by Crippen LogP contribution is -2.03. The van der Waals surface area contributed by atoms with Gasteiger partial charge < -0.3 is 5.11 Å². The van der Waals surface area contributed by atoms with Gasteiger partial charge in [-0.15, -0.1) is 0 Å². The molecule has 0 saturated carbocycles. The van der Waals surface area contributed by atoms with Crippen molar-refractivity contribution in [2.24, 2.45) is 0 Å². The summed E-state index contributed by atoms with van der Waals surface area (Å²) in [6, 6.07) is 4.38. The molecule has 0 aliphatic rings. The van der Waals surface area contributed by atoms with Crippen molar-refractivity contribution < 1.29 is 14.8 Å². The van der Waals surface area contributed by atoms with Crippen molar-refractivity contribution in [1.29, 1.82) is 0 Å². The number of nitro groups is 1. The van der Waals surface area contributed by atoms with E-state index in [1.165, 1.54) is 37.8 Å². The second-order valence-corrected chi connectivity index (χ2v) is 4.93. The average molecular weight is 279 g/mol. The summed E-state index contributed by atoms with van der Waals surface area (Å²) in [5, 5.41) is 19.8. The van der Waals surface area contributed by atoms with Gasteiger partial charge in [0.15, 0.2) is 0 Å². The number of aromatic carboxylic acids is 1. The summed E-state index contributed by atoms with van der Waals surface area (Å²) >= 11 is 0. The summed E-state index contributed by atoms with van der Waals surface area (Å²) < 4.78 is 0. The first kappa shape index (κ1) is 16.1. The van der Waals surface area contributed by atoms with Crippen molar-refractivity contribution >= 4 is 11.7 Å². The number of hydrogen-bond acceptors (Lipinski definition) is 3. The molecule has 1 N–H and O–H groups in total. The zero-order valence-corrected chi connectivity index (χ0v) is 11.8.